The summed E-state index contributed by atoms with van der Waals surface area (Å²) in [6.45, 7) is 0.857. The van der Waals surface area contributed by atoms with Gasteiger partial charge in [0.25, 0.3) is 0 Å². The normalized spacial score (nSPS) is 9.61. The summed E-state index contributed by atoms with van der Waals surface area (Å²) in [5, 5.41) is 11.5. The number of urea groups is 1. The standard InChI is InChI=1S/C12H13Cl2N3O/c13-4-6-17(7-5-14)12(18)16-11-3-1-2-10(8-11)9-15/h1-3,8H,4-7H2,(H,16,18). The Balaban J connectivity index is 2.69. The van der Waals surface area contributed by atoms with E-state index in [1.54, 1.807) is 24.3 Å². The first kappa shape index (κ1) is 14.6. The third kappa shape index (κ3) is 4.44. The quantitative estimate of drug-likeness (QED) is 0.846. The maximum absolute atomic E-state index is 11.9. The van der Waals surface area contributed by atoms with Crippen LogP contribution in [0.25, 0.3) is 0 Å². The van der Waals surface area contributed by atoms with Crippen LogP contribution >= 0.6 is 23.2 Å². The van der Waals surface area contributed by atoms with Crippen LogP contribution in [-0.4, -0.2) is 35.8 Å². The first-order chi connectivity index (χ1) is 8.71. The Kier molecular flexibility index (Phi) is 6.34. The fourth-order valence-electron chi connectivity index (χ4n) is 1.39. The van der Waals surface area contributed by atoms with Crippen molar-refractivity contribution in [3.63, 3.8) is 0 Å². The molecule has 0 aliphatic heterocycles. The van der Waals surface area contributed by atoms with E-state index < -0.39 is 0 Å². The third-order valence-electron chi connectivity index (χ3n) is 2.24. The molecule has 0 atom stereocenters. The second-order valence-electron chi connectivity index (χ2n) is 3.49. The first-order valence-corrected chi connectivity index (χ1v) is 6.46. The van der Waals surface area contributed by atoms with Gasteiger partial charge in [0.15, 0.2) is 0 Å². The summed E-state index contributed by atoms with van der Waals surface area (Å²) in [6.07, 6.45) is 0. The molecular weight excluding hydrogens is 273 g/mol. The number of benzene rings is 1. The number of anilines is 1. The van der Waals surface area contributed by atoms with Crippen LogP contribution < -0.4 is 5.32 Å². The van der Waals surface area contributed by atoms with Crippen molar-refractivity contribution in [2.75, 3.05) is 30.2 Å². The monoisotopic (exact) mass is 285 g/mol. The maximum Gasteiger partial charge on any atom is 0.321 e. The number of rotatable bonds is 5. The summed E-state index contributed by atoms with van der Waals surface area (Å²) in [5.41, 5.74) is 1.07. The van der Waals surface area contributed by atoms with Gasteiger partial charge in [0.05, 0.1) is 11.6 Å². The molecule has 0 aliphatic carbocycles. The van der Waals surface area contributed by atoms with E-state index in [1.807, 2.05) is 6.07 Å². The fourth-order valence-corrected chi connectivity index (χ4v) is 1.80. The highest BCUT2D eigenvalue weighted by molar-refractivity contribution is 6.18. The molecule has 1 aromatic rings. The maximum atomic E-state index is 11.9. The summed E-state index contributed by atoms with van der Waals surface area (Å²) < 4.78 is 0. The van der Waals surface area contributed by atoms with Crippen LogP contribution in [0.15, 0.2) is 24.3 Å². The minimum Gasteiger partial charge on any atom is -0.322 e. The Hall–Kier alpha value is -1.44. The molecule has 0 radical (unpaired) electrons. The number of carbonyl (C=O) groups excluding carboxylic acids is 1. The van der Waals surface area contributed by atoms with Gasteiger partial charge >= 0.3 is 6.03 Å². The largest absolute Gasteiger partial charge is 0.322 e. The highest BCUT2D eigenvalue weighted by Crippen LogP contribution is 2.10. The van der Waals surface area contributed by atoms with Crippen molar-refractivity contribution >= 4 is 34.9 Å². The molecule has 0 aliphatic rings. The third-order valence-corrected chi connectivity index (χ3v) is 2.58. The van der Waals surface area contributed by atoms with Crippen molar-refractivity contribution in [1.29, 1.82) is 5.26 Å². The molecule has 1 rings (SSSR count). The molecule has 1 N–H and O–H groups in total. The van der Waals surface area contributed by atoms with Crippen molar-refractivity contribution < 1.29 is 4.79 Å². The minimum atomic E-state index is -0.272. The summed E-state index contributed by atoms with van der Waals surface area (Å²) in [7, 11) is 0. The van der Waals surface area contributed by atoms with Crippen molar-refractivity contribution in [2.45, 2.75) is 0 Å². The first-order valence-electron chi connectivity index (χ1n) is 5.39. The lowest BCUT2D eigenvalue weighted by Crippen LogP contribution is -2.37. The molecule has 0 saturated carbocycles. The number of amides is 2. The van der Waals surface area contributed by atoms with Gasteiger partial charge < -0.3 is 10.2 Å². The second kappa shape index (κ2) is 7.80. The second-order valence-corrected chi connectivity index (χ2v) is 4.24. The predicted octanol–water partition coefficient (Wildman–Crippen LogP) is 2.87. The van der Waals surface area contributed by atoms with Crippen molar-refractivity contribution in [1.82, 2.24) is 4.90 Å². The van der Waals surface area contributed by atoms with Gasteiger partial charge in [0.2, 0.25) is 0 Å². The van der Waals surface area contributed by atoms with E-state index >= 15 is 0 Å². The highest BCUT2D eigenvalue weighted by atomic mass is 35.5. The molecule has 0 heterocycles. The van der Waals surface area contributed by atoms with E-state index in [-0.39, 0.29) is 6.03 Å². The van der Waals surface area contributed by atoms with E-state index in [4.69, 9.17) is 28.5 Å². The summed E-state index contributed by atoms with van der Waals surface area (Å²) in [5.74, 6) is 0.699. The van der Waals surface area contributed by atoms with Gasteiger partial charge in [-0.2, -0.15) is 5.26 Å². The number of hydrogen-bond acceptors (Lipinski definition) is 2. The molecule has 2 amide bonds. The van der Waals surface area contributed by atoms with Crippen LogP contribution in [0.2, 0.25) is 0 Å². The molecule has 0 spiro atoms. The zero-order chi connectivity index (χ0) is 13.4. The minimum absolute atomic E-state index is 0.272. The number of nitrogens with one attached hydrogen (secondary N) is 1. The number of nitriles is 1. The fraction of sp³-hybridized carbons (Fsp3) is 0.333. The lowest BCUT2D eigenvalue weighted by Gasteiger charge is -2.21. The molecule has 0 unspecified atom stereocenters. The van der Waals surface area contributed by atoms with E-state index in [9.17, 15) is 4.79 Å². The number of nitrogens with zero attached hydrogens (tertiary/aromatic N) is 2. The lowest BCUT2D eigenvalue weighted by molar-refractivity contribution is 0.218. The van der Waals surface area contributed by atoms with Gasteiger partial charge in [0.1, 0.15) is 0 Å². The Morgan fingerprint density at radius 3 is 2.56 bits per heavy atom. The Morgan fingerprint density at radius 1 is 1.33 bits per heavy atom. The van der Waals surface area contributed by atoms with Gasteiger partial charge in [-0.15, -0.1) is 23.2 Å². The Morgan fingerprint density at radius 2 is 2.00 bits per heavy atom. The molecule has 0 saturated heterocycles. The number of hydrogen-bond donors (Lipinski definition) is 1. The SMILES string of the molecule is N#Cc1cccc(NC(=O)N(CCCl)CCCl)c1. The molecule has 1 aromatic carbocycles. The van der Waals surface area contributed by atoms with Crippen LogP contribution in [0, 0.1) is 11.3 Å². The van der Waals surface area contributed by atoms with E-state index in [0.717, 1.165) is 0 Å². The number of carbonyl (C=O) groups is 1. The molecule has 18 heavy (non-hydrogen) atoms. The molecule has 0 aromatic heterocycles. The van der Waals surface area contributed by atoms with Gasteiger partial charge in [0, 0.05) is 30.5 Å². The molecule has 0 fully saturated rings. The molecule has 0 bridgehead atoms. The molecular formula is C12H13Cl2N3O. The molecule has 4 nitrogen and oxygen atoms in total. The topological polar surface area (TPSA) is 56.1 Å². The van der Waals surface area contributed by atoms with Crippen molar-refractivity contribution in [3.05, 3.63) is 29.8 Å². The molecule has 96 valence electrons. The average molecular weight is 286 g/mol. The zero-order valence-electron chi connectivity index (χ0n) is 9.70. The van der Waals surface area contributed by atoms with Crippen LogP contribution in [0.4, 0.5) is 10.5 Å². The summed E-state index contributed by atoms with van der Waals surface area (Å²) in [4.78, 5) is 13.4. The van der Waals surface area contributed by atoms with E-state index in [2.05, 4.69) is 5.32 Å². The smallest absolute Gasteiger partial charge is 0.321 e. The number of halogens is 2. The summed E-state index contributed by atoms with van der Waals surface area (Å²) >= 11 is 11.2. The number of alkyl halides is 2. The van der Waals surface area contributed by atoms with Gasteiger partial charge in [-0.05, 0) is 18.2 Å². The van der Waals surface area contributed by atoms with Crippen LogP contribution in [0.5, 0.6) is 0 Å². The molecule has 6 heteroatoms. The van der Waals surface area contributed by atoms with Crippen molar-refractivity contribution in [3.8, 4) is 6.07 Å². The lowest BCUT2D eigenvalue weighted by atomic mass is 10.2. The van der Waals surface area contributed by atoms with Crippen molar-refractivity contribution in [2.24, 2.45) is 0 Å². The highest BCUT2D eigenvalue weighted by Gasteiger charge is 2.12. The van der Waals surface area contributed by atoms with Crippen LogP contribution in [-0.2, 0) is 0 Å². The van der Waals surface area contributed by atoms with E-state index in [1.165, 1.54) is 4.90 Å². The predicted molar refractivity (Wildman–Crippen MR) is 73.2 cm³/mol. The Bertz CT molecular complexity index is 439. The van der Waals surface area contributed by atoms with Crippen LogP contribution in [0.1, 0.15) is 5.56 Å². The Labute approximate surface area is 116 Å². The zero-order valence-corrected chi connectivity index (χ0v) is 11.2. The van der Waals surface area contributed by atoms with Gasteiger partial charge in [-0.25, -0.2) is 4.79 Å². The van der Waals surface area contributed by atoms with Crippen LogP contribution in [0.3, 0.4) is 0 Å². The van der Waals surface area contributed by atoms with Gasteiger partial charge in [-0.3, -0.25) is 0 Å². The van der Waals surface area contributed by atoms with E-state index in [0.29, 0.717) is 36.1 Å². The average Bonchev–Trinajstić information content (AvgIpc) is 2.38. The summed E-state index contributed by atoms with van der Waals surface area (Å²) in [6, 6.07) is 8.45. The van der Waals surface area contributed by atoms with Gasteiger partial charge in [-0.1, -0.05) is 6.07 Å².